The number of hydrogen-bond donors (Lipinski definition) is 0. The van der Waals surface area contributed by atoms with Crippen LogP contribution in [0.1, 0.15) is 24.3 Å². The molecule has 0 saturated heterocycles. The van der Waals surface area contributed by atoms with Gasteiger partial charge in [-0.05, 0) is 43.8 Å². The number of methoxy groups -OCH3 is 1. The van der Waals surface area contributed by atoms with Gasteiger partial charge in [0.1, 0.15) is 11.5 Å². The molecule has 1 aromatic heterocycles. The van der Waals surface area contributed by atoms with Crippen molar-refractivity contribution in [3.8, 4) is 5.75 Å². The van der Waals surface area contributed by atoms with E-state index in [2.05, 4.69) is 31.0 Å². The lowest BCUT2D eigenvalue weighted by atomic mass is 10.1. The van der Waals surface area contributed by atoms with Gasteiger partial charge < -0.3 is 9.15 Å². The predicted octanol–water partition coefficient (Wildman–Crippen LogP) is 3.48. The standard InChI is InChI=1S/C15H19NO2/c1-12(13-6-8-14(17-3)9-7-13)16(2)11-15-5-4-10-18-15/h4-10,12H,11H2,1-3H3. The minimum atomic E-state index is 0.334. The fourth-order valence-corrected chi connectivity index (χ4v) is 1.92. The lowest BCUT2D eigenvalue weighted by Gasteiger charge is -2.24. The molecule has 0 saturated carbocycles. The van der Waals surface area contributed by atoms with E-state index in [1.54, 1.807) is 13.4 Å². The van der Waals surface area contributed by atoms with Gasteiger partial charge in [0.25, 0.3) is 0 Å². The van der Waals surface area contributed by atoms with Crippen molar-refractivity contribution in [2.75, 3.05) is 14.2 Å². The van der Waals surface area contributed by atoms with E-state index in [1.807, 2.05) is 24.3 Å². The molecule has 0 spiro atoms. The van der Waals surface area contributed by atoms with Crippen LogP contribution in [0.15, 0.2) is 47.1 Å². The second-order valence-electron chi connectivity index (χ2n) is 4.44. The summed E-state index contributed by atoms with van der Waals surface area (Å²) in [6.45, 7) is 2.99. The first kappa shape index (κ1) is 12.7. The van der Waals surface area contributed by atoms with Gasteiger partial charge in [-0.3, -0.25) is 4.90 Å². The summed E-state index contributed by atoms with van der Waals surface area (Å²) in [5.74, 6) is 1.87. The third kappa shape index (κ3) is 2.93. The molecule has 1 unspecified atom stereocenters. The Kier molecular flexibility index (Phi) is 4.05. The van der Waals surface area contributed by atoms with Crippen molar-refractivity contribution in [1.82, 2.24) is 4.90 Å². The summed E-state index contributed by atoms with van der Waals surface area (Å²) in [6, 6.07) is 12.4. The smallest absolute Gasteiger partial charge is 0.118 e. The van der Waals surface area contributed by atoms with Crippen molar-refractivity contribution in [3.05, 3.63) is 54.0 Å². The lowest BCUT2D eigenvalue weighted by Crippen LogP contribution is -2.21. The minimum absolute atomic E-state index is 0.334. The van der Waals surface area contributed by atoms with Gasteiger partial charge in [0.2, 0.25) is 0 Å². The van der Waals surface area contributed by atoms with E-state index >= 15 is 0 Å². The van der Waals surface area contributed by atoms with Crippen molar-refractivity contribution < 1.29 is 9.15 Å². The first-order chi connectivity index (χ1) is 8.70. The molecule has 0 amide bonds. The molecule has 3 nitrogen and oxygen atoms in total. The van der Waals surface area contributed by atoms with Crippen molar-refractivity contribution >= 4 is 0 Å². The number of nitrogens with zero attached hydrogens (tertiary/aromatic N) is 1. The van der Waals surface area contributed by atoms with E-state index in [-0.39, 0.29) is 0 Å². The average molecular weight is 245 g/mol. The van der Waals surface area contributed by atoms with Crippen LogP contribution in [0.4, 0.5) is 0 Å². The van der Waals surface area contributed by atoms with Crippen LogP contribution in [0.2, 0.25) is 0 Å². The summed E-state index contributed by atoms with van der Waals surface area (Å²) < 4.78 is 10.5. The summed E-state index contributed by atoms with van der Waals surface area (Å²) in [5.41, 5.74) is 1.27. The number of rotatable bonds is 5. The summed E-state index contributed by atoms with van der Waals surface area (Å²) in [4.78, 5) is 2.25. The Morgan fingerprint density at radius 2 is 1.94 bits per heavy atom. The number of benzene rings is 1. The van der Waals surface area contributed by atoms with Gasteiger partial charge in [-0.15, -0.1) is 0 Å². The highest BCUT2D eigenvalue weighted by molar-refractivity contribution is 5.28. The second kappa shape index (κ2) is 5.74. The molecule has 0 radical (unpaired) electrons. The maximum Gasteiger partial charge on any atom is 0.118 e. The zero-order valence-electron chi connectivity index (χ0n) is 11.1. The van der Waals surface area contributed by atoms with E-state index in [0.29, 0.717) is 6.04 Å². The summed E-state index contributed by atoms with van der Waals surface area (Å²) >= 11 is 0. The number of furan rings is 1. The summed E-state index contributed by atoms with van der Waals surface area (Å²) in [7, 11) is 3.78. The Morgan fingerprint density at radius 1 is 1.22 bits per heavy atom. The van der Waals surface area contributed by atoms with Crippen LogP contribution < -0.4 is 4.74 Å². The van der Waals surface area contributed by atoms with Gasteiger partial charge in [-0.2, -0.15) is 0 Å². The Morgan fingerprint density at radius 3 is 2.50 bits per heavy atom. The van der Waals surface area contributed by atoms with Crippen LogP contribution in [-0.2, 0) is 6.54 Å². The quantitative estimate of drug-likeness (QED) is 0.806. The normalized spacial score (nSPS) is 12.7. The van der Waals surface area contributed by atoms with Crippen molar-refractivity contribution in [2.45, 2.75) is 19.5 Å². The molecule has 96 valence electrons. The van der Waals surface area contributed by atoms with E-state index < -0.39 is 0 Å². The van der Waals surface area contributed by atoms with Crippen LogP contribution >= 0.6 is 0 Å². The third-order valence-corrected chi connectivity index (χ3v) is 3.24. The average Bonchev–Trinajstić information content (AvgIpc) is 2.91. The summed E-state index contributed by atoms with van der Waals surface area (Å²) in [6.07, 6.45) is 1.71. The SMILES string of the molecule is COc1ccc(C(C)N(C)Cc2ccco2)cc1. The molecule has 2 aromatic rings. The first-order valence-corrected chi connectivity index (χ1v) is 6.07. The van der Waals surface area contributed by atoms with Gasteiger partial charge in [0.15, 0.2) is 0 Å². The number of hydrogen-bond acceptors (Lipinski definition) is 3. The fraction of sp³-hybridized carbons (Fsp3) is 0.333. The topological polar surface area (TPSA) is 25.6 Å². The van der Waals surface area contributed by atoms with Gasteiger partial charge in [0.05, 0.1) is 19.9 Å². The molecular weight excluding hydrogens is 226 g/mol. The Balaban J connectivity index is 2.02. The highest BCUT2D eigenvalue weighted by Gasteiger charge is 2.13. The van der Waals surface area contributed by atoms with Crippen molar-refractivity contribution in [3.63, 3.8) is 0 Å². The molecule has 0 fully saturated rings. The number of ether oxygens (including phenoxy) is 1. The molecule has 3 heteroatoms. The van der Waals surface area contributed by atoms with Crippen LogP contribution in [-0.4, -0.2) is 19.1 Å². The molecule has 18 heavy (non-hydrogen) atoms. The molecule has 0 aliphatic heterocycles. The summed E-state index contributed by atoms with van der Waals surface area (Å²) in [5, 5.41) is 0. The first-order valence-electron chi connectivity index (χ1n) is 6.07. The molecule has 1 atom stereocenters. The zero-order chi connectivity index (χ0) is 13.0. The lowest BCUT2D eigenvalue weighted by molar-refractivity contribution is 0.232. The van der Waals surface area contributed by atoms with E-state index in [9.17, 15) is 0 Å². The third-order valence-electron chi connectivity index (χ3n) is 3.24. The fourth-order valence-electron chi connectivity index (χ4n) is 1.92. The van der Waals surface area contributed by atoms with Gasteiger partial charge in [-0.25, -0.2) is 0 Å². The van der Waals surface area contributed by atoms with E-state index in [4.69, 9.17) is 9.15 Å². The highest BCUT2D eigenvalue weighted by atomic mass is 16.5. The molecule has 0 aliphatic carbocycles. The second-order valence-corrected chi connectivity index (χ2v) is 4.44. The maximum absolute atomic E-state index is 5.37. The molecule has 0 bridgehead atoms. The molecular formula is C15H19NO2. The monoisotopic (exact) mass is 245 g/mol. The minimum Gasteiger partial charge on any atom is -0.497 e. The Bertz CT molecular complexity index is 462. The van der Waals surface area contributed by atoms with Gasteiger partial charge in [0, 0.05) is 6.04 Å². The molecule has 0 N–H and O–H groups in total. The van der Waals surface area contributed by atoms with Gasteiger partial charge >= 0.3 is 0 Å². The van der Waals surface area contributed by atoms with Crippen LogP contribution in [0.25, 0.3) is 0 Å². The maximum atomic E-state index is 5.37. The van der Waals surface area contributed by atoms with Crippen LogP contribution in [0.3, 0.4) is 0 Å². The Labute approximate surface area is 108 Å². The molecule has 0 aliphatic rings. The van der Waals surface area contributed by atoms with Crippen LogP contribution in [0, 0.1) is 0 Å². The van der Waals surface area contributed by atoms with Crippen LogP contribution in [0.5, 0.6) is 5.75 Å². The molecule has 1 heterocycles. The zero-order valence-corrected chi connectivity index (χ0v) is 11.1. The van der Waals surface area contributed by atoms with E-state index in [1.165, 1.54) is 5.56 Å². The molecule has 1 aromatic carbocycles. The van der Waals surface area contributed by atoms with Crippen molar-refractivity contribution in [1.29, 1.82) is 0 Å². The van der Waals surface area contributed by atoms with Crippen molar-refractivity contribution in [2.24, 2.45) is 0 Å². The highest BCUT2D eigenvalue weighted by Crippen LogP contribution is 2.22. The largest absolute Gasteiger partial charge is 0.497 e. The van der Waals surface area contributed by atoms with E-state index in [0.717, 1.165) is 18.1 Å². The molecule has 2 rings (SSSR count). The Hall–Kier alpha value is -1.74. The predicted molar refractivity (Wildman–Crippen MR) is 71.6 cm³/mol. The van der Waals surface area contributed by atoms with Gasteiger partial charge in [-0.1, -0.05) is 12.1 Å².